The Bertz CT molecular complexity index is 683. The van der Waals surface area contributed by atoms with Gasteiger partial charge in [-0.05, 0) is 17.2 Å². The third-order valence-electron chi connectivity index (χ3n) is 2.50. The predicted octanol–water partition coefficient (Wildman–Crippen LogP) is 1.42. The molecular formula is C13H10N3O4S-. The summed E-state index contributed by atoms with van der Waals surface area (Å²) in [5, 5.41) is 27.4. The van der Waals surface area contributed by atoms with Crippen LogP contribution < -0.4 is 10.5 Å². The molecule has 0 aliphatic carbocycles. The standard InChI is InChI=1S/C13H11N3O4S/c17-12-4-3-9(6-11(12)16(19)20)8-14-15-13(18)7-10-2-1-5-21-10/h1-6,8,17H,7H2,(H,15,18)/p-1/b14-8-. The molecule has 1 aromatic carbocycles. The Kier molecular flexibility index (Phi) is 4.62. The Morgan fingerprint density at radius 3 is 2.90 bits per heavy atom. The summed E-state index contributed by atoms with van der Waals surface area (Å²) in [5.41, 5.74) is 2.16. The molecule has 0 radical (unpaired) electrons. The van der Waals surface area contributed by atoms with Crippen molar-refractivity contribution in [3.8, 4) is 5.75 Å². The number of hydrogen-bond donors (Lipinski definition) is 1. The molecule has 0 spiro atoms. The van der Waals surface area contributed by atoms with Crippen LogP contribution in [0.2, 0.25) is 0 Å². The van der Waals surface area contributed by atoms with E-state index in [0.717, 1.165) is 17.0 Å². The number of nitrogens with one attached hydrogen (secondary N) is 1. The van der Waals surface area contributed by atoms with Gasteiger partial charge in [-0.2, -0.15) is 5.10 Å². The fraction of sp³-hybridized carbons (Fsp3) is 0.0769. The number of thiophene rings is 1. The maximum Gasteiger partial charge on any atom is 0.262 e. The molecule has 1 amide bonds. The van der Waals surface area contributed by atoms with Crippen molar-refractivity contribution in [1.82, 2.24) is 5.43 Å². The summed E-state index contributed by atoms with van der Waals surface area (Å²) in [6, 6.07) is 7.28. The van der Waals surface area contributed by atoms with Crippen molar-refractivity contribution in [3.05, 3.63) is 56.3 Å². The normalized spacial score (nSPS) is 10.7. The van der Waals surface area contributed by atoms with E-state index in [9.17, 15) is 20.0 Å². The van der Waals surface area contributed by atoms with Gasteiger partial charge in [-0.1, -0.05) is 18.2 Å². The van der Waals surface area contributed by atoms with Crippen LogP contribution in [0.25, 0.3) is 0 Å². The summed E-state index contributed by atoms with van der Waals surface area (Å²) in [7, 11) is 0. The number of nitro groups is 1. The number of rotatable bonds is 5. The first kappa shape index (κ1) is 14.7. The van der Waals surface area contributed by atoms with Gasteiger partial charge in [-0.15, -0.1) is 11.3 Å². The quantitative estimate of drug-likeness (QED) is 0.512. The number of hydrogen-bond acceptors (Lipinski definition) is 6. The van der Waals surface area contributed by atoms with Crippen molar-refractivity contribution in [1.29, 1.82) is 0 Å². The second-order valence-corrected chi connectivity index (χ2v) is 5.07. The first-order chi connectivity index (χ1) is 10.1. The summed E-state index contributed by atoms with van der Waals surface area (Å²) in [6.07, 6.45) is 1.47. The lowest BCUT2D eigenvalue weighted by Gasteiger charge is -2.05. The van der Waals surface area contributed by atoms with Crippen LogP contribution in [0.5, 0.6) is 5.75 Å². The summed E-state index contributed by atoms with van der Waals surface area (Å²) in [4.78, 5) is 22.3. The second-order valence-electron chi connectivity index (χ2n) is 4.03. The number of hydrazone groups is 1. The Hall–Kier alpha value is -2.74. The van der Waals surface area contributed by atoms with Crippen LogP contribution in [0.1, 0.15) is 10.4 Å². The van der Waals surface area contributed by atoms with Crippen molar-refractivity contribution in [2.24, 2.45) is 5.10 Å². The zero-order chi connectivity index (χ0) is 15.2. The summed E-state index contributed by atoms with van der Waals surface area (Å²) < 4.78 is 0. The van der Waals surface area contributed by atoms with Gasteiger partial charge in [0.25, 0.3) is 5.69 Å². The van der Waals surface area contributed by atoms with Gasteiger partial charge in [0.2, 0.25) is 5.91 Å². The van der Waals surface area contributed by atoms with Gasteiger partial charge in [0, 0.05) is 16.5 Å². The highest BCUT2D eigenvalue weighted by Gasteiger charge is 2.07. The lowest BCUT2D eigenvalue weighted by Crippen LogP contribution is -2.19. The molecule has 1 N–H and O–H groups in total. The second kappa shape index (κ2) is 6.62. The number of carbonyl (C=O) groups excluding carboxylic acids is 1. The first-order valence-corrected chi connectivity index (χ1v) is 6.74. The summed E-state index contributed by atoms with van der Waals surface area (Å²) in [6.45, 7) is 0. The lowest BCUT2D eigenvalue weighted by molar-refractivity contribution is -0.398. The maximum atomic E-state index is 11.6. The minimum atomic E-state index is -0.755. The molecule has 0 saturated carbocycles. The van der Waals surface area contributed by atoms with E-state index in [1.54, 1.807) is 0 Å². The fourth-order valence-electron chi connectivity index (χ4n) is 1.55. The molecule has 8 heteroatoms. The van der Waals surface area contributed by atoms with E-state index in [2.05, 4.69) is 10.5 Å². The van der Waals surface area contributed by atoms with Gasteiger partial charge in [0.1, 0.15) is 0 Å². The van der Waals surface area contributed by atoms with E-state index in [0.29, 0.717) is 5.56 Å². The van der Waals surface area contributed by atoms with Crippen LogP contribution >= 0.6 is 11.3 Å². The largest absolute Gasteiger partial charge is 0.868 e. The number of benzene rings is 1. The Morgan fingerprint density at radius 2 is 2.24 bits per heavy atom. The van der Waals surface area contributed by atoms with Gasteiger partial charge in [-0.3, -0.25) is 14.9 Å². The third-order valence-corrected chi connectivity index (χ3v) is 3.37. The predicted molar refractivity (Wildman–Crippen MR) is 76.3 cm³/mol. The zero-order valence-electron chi connectivity index (χ0n) is 10.7. The molecule has 1 heterocycles. The SMILES string of the molecule is O=C(Cc1cccs1)N/N=C\c1ccc([O-])c([N+](=O)[O-])c1. The smallest absolute Gasteiger partial charge is 0.262 e. The van der Waals surface area contributed by atoms with Crippen LogP contribution in [-0.2, 0) is 11.2 Å². The van der Waals surface area contributed by atoms with E-state index in [-0.39, 0.29) is 12.3 Å². The Labute approximate surface area is 123 Å². The molecular weight excluding hydrogens is 294 g/mol. The third kappa shape index (κ3) is 4.11. The number of nitro benzene ring substituents is 1. The van der Waals surface area contributed by atoms with Crippen LogP contribution in [0.3, 0.4) is 0 Å². The molecule has 108 valence electrons. The zero-order valence-corrected chi connectivity index (χ0v) is 11.5. The Morgan fingerprint density at radius 1 is 1.43 bits per heavy atom. The molecule has 2 rings (SSSR count). The van der Waals surface area contributed by atoms with Gasteiger partial charge in [-0.25, -0.2) is 5.43 Å². The number of nitrogens with zero attached hydrogens (tertiary/aromatic N) is 2. The average molecular weight is 304 g/mol. The molecule has 2 aromatic rings. The molecule has 1 aromatic heterocycles. The van der Waals surface area contributed by atoms with Gasteiger partial charge in [0.15, 0.2) is 0 Å². The molecule has 0 fully saturated rings. The number of carbonyl (C=O) groups is 1. The van der Waals surface area contributed by atoms with Crippen molar-refractivity contribution < 1.29 is 14.8 Å². The monoisotopic (exact) mass is 304 g/mol. The molecule has 0 atom stereocenters. The van der Waals surface area contributed by atoms with Gasteiger partial charge in [0.05, 0.1) is 17.6 Å². The molecule has 0 aliphatic rings. The van der Waals surface area contributed by atoms with Crippen molar-refractivity contribution in [3.63, 3.8) is 0 Å². The van der Waals surface area contributed by atoms with E-state index in [1.807, 2.05) is 17.5 Å². The van der Waals surface area contributed by atoms with Gasteiger partial charge >= 0.3 is 0 Å². The van der Waals surface area contributed by atoms with Crippen LogP contribution in [-0.4, -0.2) is 17.0 Å². The van der Waals surface area contributed by atoms with E-state index in [4.69, 9.17) is 0 Å². The minimum absolute atomic E-state index is 0.217. The Balaban J connectivity index is 1.96. The fourth-order valence-corrected chi connectivity index (χ4v) is 2.25. The molecule has 0 bridgehead atoms. The topological polar surface area (TPSA) is 108 Å². The molecule has 7 nitrogen and oxygen atoms in total. The first-order valence-electron chi connectivity index (χ1n) is 5.86. The molecule has 0 unspecified atom stereocenters. The van der Waals surface area contributed by atoms with Crippen molar-refractivity contribution in [2.45, 2.75) is 6.42 Å². The van der Waals surface area contributed by atoms with Gasteiger partial charge < -0.3 is 5.11 Å². The maximum absolute atomic E-state index is 11.6. The van der Waals surface area contributed by atoms with Crippen molar-refractivity contribution in [2.75, 3.05) is 0 Å². The highest BCUT2D eigenvalue weighted by Crippen LogP contribution is 2.22. The number of amides is 1. The minimum Gasteiger partial charge on any atom is -0.868 e. The summed E-state index contributed by atoms with van der Waals surface area (Å²) in [5.74, 6) is -0.956. The highest BCUT2D eigenvalue weighted by molar-refractivity contribution is 7.10. The van der Waals surface area contributed by atoms with E-state index < -0.39 is 16.4 Å². The summed E-state index contributed by atoms with van der Waals surface area (Å²) >= 11 is 1.47. The van der Waals surface area contributed by atoms with Crippen LogP contribution in [0.4, 0.5) is 5.69 Å². The highest BCUT2D eigenvalue weighted by atomic mass is 32.1. The van der Waals surface area contributed by atoms with Crippen LogP contribution in [0, 0.1) is 10.1 Å². The molecule has 21 heavy (non-hydrogen) atoms. The van der Waals surface area contributed by atoms with E-state index >= 15 is 0 Å². The van der Waals surface area contributed by atoms with Crippen molar-refractivity contribution >= 4 is 29.1 Å². The average Bonchev–Trinajstić information content (AvgIpc) is 2.93. The molecule has 0 saturated heterocycles. The van der Waals surface area contributed by atoms with E-state index in [1.165, 1.54) is 23.6 Å². The van der Waals surface area contributed by atoms with Crippen LogP contribution in [0.15, 0.2) is 40.8 Å². The lowest BCUT2D eigenvalue weighted by atomic mass is 10.2. The molecule has 0 aliphatic heterocycles.